The number of morpholine rings is 1. The molecule has 31 heavy (non-hydrogen) atoms. The van der Waals surface area contributed by atoms with E-state index in [1.54, 1.807) is 13.1 Å². The molecule has 1 aliphatic rings. The molecule has 1 atom stereocenters. The van der Waals surface area contributed by atoms with Crippen molar-refractivity contribution in [2.75, 3.05) is 26.7 Å². The van der Waals surface area contributed by atoms with Crippen molar-refractivity contribution in [2.24, 2.45) is 7.05 Å². The van der Waals surface area contributed by atoms with Crippen molar-refractivity contribution in [2.45, 2.75) is 12.6 Å². The third kappa shape index (κ3) is 3.63. The van der Waals surface area contributed by atoms with Crippen molar-refractivity contribution in [3.8, 4) is 0 Å². The maximum Gasteiger partial charge on any atom is 0.261 e. The van der Waals surface area contributed by atoms with Crippen LogP contribution in [0.2, 0.25) is 0 Å². The van der Waals surface area contributed by atoms with Crippen LogP contribution in [-0.2, 0) is 18.3 Å². The molecule has 1 fully saturated rings. The Morgan fingerprint density at radius 3 is 2.94 bits per heavy atom. The normalized spacial score (nSPS) is 17.5. The van der Waals surface area contributed by atoms with Crippen molar-refractivity contribution in [1.29, 1.82) is 0 Å². The van der Waals surface area contributed by atoms with Gasteiger partial charge in [-0.05, 0) is 35.2 Å². The highest BCUT2D eigenvalue weighted by atomic mass is 32.1. The number of amides is 1. The third-order valence-corrected chi connectivity index (χ3v) is 7.15. The summed E-state index contributed by atoms with van der Waals surface area (Å²) in [6.07, 6.45) is 1.90. The van der Waals surface area contributed by atoms with Gasteiger partial charge in [-0.1, -0.05) is 18.2 Å². The van der Waals surface area contributed by atoms with Gasteiger partial charge in [-0.3, -0.25) is 9.69 Å². The third-order valence-electron chi connectivity index (χ3n) is 5.97. The summed E-state index contributed by atoms with van der Waals surface area (Å²) in [5, 5.41) is 4.92. The number of benzene rings is 2. The number of aromatic nitrogens is 1. The van der Waals surface area contributed by atoms with Crippen LogP contribution in [0.15, 0.2) is 48.7 Å². The fourth-order valence-corrected chi connectivity index (χ4v) is 5.70. The van der Waals surface area contributed by atoms with Gasteiger partial charge in [-0.25, -0.2) is 4.39 Å². The number of carbonyl (C=O) groups excluding carboxylic acids is 1. The maximum atomic E-state index is 13.7. The molecule has 0 unspecified atom stereocenters. The Morgan fingerprint density at radius 2 is 2.10 bits per heavy atom. The van der Waals surface area contributed by atoms with Crippen LogP contribution in [0.5, 0.6) is 0 Å². The number of aryl methyl sites for hydroxylation is 1. The van der Waals surface area contributed by atoms with Gasteiger partial charge >= 0.3 is 0 Å². The molecule has 0 bridgehead atoms. The molecular formula is C24H24FN3O2S. The molecule has 5 rings (SSSR count). The van der Waals surface area contributed by atoms with Crippen molar-refractivity contribution < 1.29 is 13.9 Å². The van der Waals surface area contributed by atoms with Gasteiger partial charge in [0.05, 0.1) is 23.1 Å². The van der Waals surface area contributed by atoms with Gasteiger partial charge in [0.1, 0.15) is 5.82 Å². The van der Waals surface area contributed by atoms with E-state index in [-0.39, 0.29) is 17.8 Å². The van der Waals surface area contributed by atoms with E-state index in [0.29, 0.717) is 13.2 Å². The van der Waals surface area contributed by atoms with Gasteiger partial charge < -0.3 is 14.6 Å². The lowest BCUT2D eigenvalue weighted by Crippen LogP contribution is -2.38. The zero-order valence-electron chi connectivity index (χ0n) is 17.5. The summed E-state index contributed by atoms with van der Waals surface area (Å²) >= 11 is 1.51. The van der Waals surface area contributed by atoms with Gasteiger partial charge in [0.2, 0.25) is 0 Å². The van der Waals surface area contributed by atoms with Crippen LogP contribution in [0, 0.1) is 5.82 Å². The van der Waals surface area contributed by atoms with Gasteiger partial charge in [0, 0.05) is 55.6 Å². The first-order valence-corrected chi connectivity index (χ1v) is 11.2. The highest BCUT2D eigenvalue weighted by Gasteiger charge is 2.29. The Morgan fingerprint density at radius 1 is 1.26 bits per heavy atom. The number of halogens is 1. The van der Waals surface area contributed by atoms with Crippen molar-refractivity contribution in [3.63, 3.8) is 0 Å². The first kappa shape index (κ1) is 20.2. The van der Waals surface area contributed by atoms with Crippen molar-refractivity contribution in [1.82, 2.24) is 14.8 Å². The average molecular weight is 438 g/mol. The van der Waals surface area contributed by atoms with E-state index in [2.05, 4.69) is 22.5 Å². The first-order chi connectivity index (χ1) is 15.0. The van der Waals surface area contributed by atoms with Gasteiger partial charge in [0.15, 0.2) is 0 Å². The SMILES string of the molecule is CNC(=O)c1sc2ccccc2c1[C@H]1CN(Cc2cn(C)c3cc(F)ccc23)CCO1. The van der Waals surface area contributed by atoms with E-state index >= 15 is 0 Å². The lowest BCUT2D eigenvalue weighted by atomic mass is 10.0. The second kappa shape index (κ2) is 8.07. The number of ether oxygens (including phenoxy) is 1. The fourth-order valence-electron chi connectivity index (χ4n) is 4.50. The fraction of sp³-hybridized carbons (Fsp3) is 0.292. The molecule has 0 saturated carbocycles. The molecule has 160 valence electrons. The molecular weight excluding hydrogens is 413 g/mol. The average Bonchev–Trinajstić information content (AvgIpc) is 3.31. The smallest absolute Gasteiger partial charge is 0.261 e. The monoisotopic (exact) mass is 437 g/mol. The maximum absolute atomic E-state index is 13.7. The molecule has 1 saturated heterocycles. The Hall–Kier alpha value is -2.74. The molecule has 1 N–H and O–H groups in total. The summed E-state index contributed by atoms with van der Waals surface area (Å²) in [6, 6.07) is 13.1. The minimum absolute atomic E-state index is 0.0759. The van der Waals surface area contributed by atoms with E-state index in [0.717, 1.165) is 44.5 Å². The van der Waals surface area contributed by atoms with E-state index in [9.17, 15) is 9.18 Å². The largest absolute Gasteiger partial charge is 0.371 e. The van der Waals surface area contributed by atoms with E-state index in [1.165, 1.54) is 23.0 Å². The molecule has 4 aromatic rings. The van der Waals surface area contributed by atoms with Gasteiger partial charge in [0.25, 0.3) is 5.91 Å². The van der Waals surface area contributed by atoms with Crippen LogP contribution in [0.25, 0.3) is 21.0 Å². The van der Waals surface area contributed by atoms with Crippen LogP contribution < -0.4 is 5.32 Å². The molecule has 0 radical (unpaired) electrons. The minimum atomic E-state index is -0.224. The molecule has 5 nitrogen and oxygen atoms in total. The van der Waals surface area contributed by atoms with Crippen LogP contribution >= 0.6 is 11.3 Å². The van der Waals surface area contributed by atoms with Gasteiger partial charge in [-0.15, -0.1) is 11.3 Å². The predicted octanol–water partition coefficient (Wildman–Crippen LogP) is 4.47. The Balaban J connectivity index is 1.46. The molecule has 1 aliphatic heterocycles. The summed E-state index contributed by atoms with van der Waals surface area (Å²) in [4.78, 5) is 15.7. The molecule has 0 spiro atoms. The molecule has 0 aliphatic carbocycles. The Bertz CT molecular complexity index is 1280. The van der Waals surface area contributed by atoms with E-state index in [4.69, 9.17) is 4.74 Å². The molecule has 2 aromatic heterocycles. The zero-order chi connectivity index (χ0) is 21.5. The quantitative estimate of drug-likeness (QED) is 0.513. The van der Waals surface area contributed by atoms with E-state index < -0.39 is 0 Å². The molecule has 3 heterocycles. The number of carbonyl (C=O) groups is 1. The highest BCUT2D eigenvalue weighted by Crippen LogP contribution is 2.38. The van der Waals surface area contributed by atoms with Crippen LogP contribution in [0.1, 0.15) is 26.9 Å². The summed E-state index contributed by atoms with van der Waals surface area (Å²) < 4.78 is 22.9. The number of nitrogens with zero attached hydrogens (tertiary/aromatic N) is 2. The summed E-state index contributed by atoms with van der Waals surface area (Å²) in [5.41, 5.74) is 3.04. The Labute approximate surface area is 184 Å². The number of rotatable bonds is 4. The minimum Gasteiger partial charge on any atom is -0.371 e. The first-order valence-electron chi connectivity index (χ1n) is 10.4. The summed E-state index contributed by atoms with van der Waals surface area (Å²) in [6.45, 7) is 2.86. The summed E-state index contributed by atoms with van der Waals surface area (Å²) in [5.74, 6) is -0.300. The molecule has 1 amide bonds. The molecule has 2 aromatic carbocycles. The van der Waals surface area contributed by atoms with Crippen LogP contribution in [-0.4, -0.2) is 42.1 Å². The number of thiophene rings is 1. The van der Waals surface area contributed by atoms with Crippen molar-refractivity contribution in [3.05, 3.63) is 70.5 Å². The lowest BCUT2D eigenvalue weighted by molar-refractivity contribution is -0.0322. The predicted molar refractivity (Wildman–Crippen MR) is 122 cm³/mol. The van der Waals surface area contributed by atoms with Crippen LogP contribution in [0.3, 0.4) is 0 Å². The van der Waals surface area contributed by atoms with Crippen molar-refractivity contribution >= 4 is 38.2 Å². The second-order valence-electron chi connectivity index (χ2n) is 7.94. The lowest BCUT2D eigenvalue weighted by Gasteiger charge is -2.33. The second-order valence-corrected chi connectivity index (χ2v) is 8.99. The zero-order valence-corrected chi connectivity index (χ0v) is 18.3. The number of hydrogen-bond donors (Lipinski definition) is 1. The number of fused-ring (bicyclic) bond motifs is 2. The van der Waals surface area contributed by atoms with E-state index in [1.807, 2.05) is 35.9 Å². The Kier molecular flexibility index (Phi) is 5.25. The highest BCUT2D eigenvalue weighted by molar-refractivity contribution is 7.21. The number of hydrogen-bond acceptors (Lipinski definition) is 4. The standard InChI is InChI=1S/C24H24FN3O2S/c1-26-24(29)23-22(18-5-3-4-6-21(18)31-23)20-14-28(9-10-30-20)13-15-12-27(2)19-11-16(25)7-8-17(15)19/h3-8,11-12,20H,9-10,13-14H2,1-2H3,(H,26,29)/t20-/m1/s1. The topological polar surface area (TPSA) is 46.5 Å². The molecule has 7 heteroatoms. The number of nitrogens with one attached hydrogen (secondary N) is 1. The van der Waals surface area contributed by atoms with Gasteiger partial charge in [-0.2, -0.15) is 0 Å². The summed E-state index contributed by atoms with van der Waals surface area (Å²) in [7, 11) is 3.61. The van der Waals surface area contributed by atoms with Crippen LogP contribution in [0.4, 0.5) is 4.39 Å².